The van der Waals surface area contributed by atoms with Crippen LogP contribution in [-0.2, 0) is 0 Å². The average Bonchev–Trinajstić information content (AvgIpc) is 2.28. The van der Waals surface area contributed by atoms with Crippen molar-refractivity contribution in [2.45, 2.75) is 6.10 Å². The third kappa shape index (κ3) is 5.67. The molecule has 0 bridgehead atoms. The van der Waals surface area contributed by atoms with E-state index in [-0.39, 0.29) is 6.61 Å². The predicted molar refractivity (Wildman–Crippen MR) is 62.4 cm³/mol. The fraction of sp³-hybridized carbons (Fsp3) is 0.455. The van der Waals surface area contributed by atoms with E-state index in [0.29, 0.717) is 18.1 Å². The summed E-state index contributed by atoms with van der Waals surface area (Å²) in [6.45, 7) is 0.444. The van der Waals surface area contributed by atoms with E-state index in [1.807, 2.05) is 30.3 Å². The minimum Gasteiger partial charge on any atom is -0.491 e. The first-order valence-electron chi connectivity index (χ1n) is 4.87. The highest BCUT2D eigenvalue weighted by Gasteiger charge is 2.04. The number of aliphatic hydroxyl groups excluding tert-OH is 2. The number of rotatable bonds is 7. The molecule has 0 amide bonds. The second kappa shape index (κ2) is 7.56. The lowest BCUT2D eigenvalue weighted by molar-refractivity contribution is 0.126. The number of hydrogen-bond acceptors (Lipinski definition) is 4. The second-order valence-electron chi connectivity index (χ2n) is 3.08. The van der Waals surface area contributed by atoms with Crippen LogP contribution in [0.4, 0.5) is 0 Å². The van der Waals surface area contributed by atoms with Crippen LogP contribution in [0.25, 0.3) is 0 Å². The van der Waals surface area contributed by atoms with Crippen molar-refractivity contribution in [1.82, 2.24) is 0 Å². The van der Waals surface area contributed by atoms with Crippen LogP contribution in [0.1, 0.15) is 0 Å². The van der Waals surface area contributed by atoms with Crippen molar-refractivity contribution in [3.63, 3.8) is 0 Å². The molecular weight excluding hydrogens is 212 g/mol. The molecule has 0 radical (unpaired) electrons. The van der Waals surface area contributed by atoms with Gasteiger partial charge in [-0.15, -0.1) is 0 Å². The summed E-state index contributed by atoms with van der Waals surface area (Å²) >= 11 is 1.52. The summed E-state index contributed by atoms with van der Waals surface area (Å²) in [6.07, 6.45) is -0.484. The minimum atomic E-state index is -0.484. The van der Waals surface area contributed by atoms with Crippen LogP contribution in [0.15, 0.2) is 30.3 Å². The van der Waals surface area contributed by atoms with Gasteiger partial charge in [-0.05, 0) is 12.1 Å². The zero-order valence-electron chi connectivity index (χ0n) is 8.50. The van der Waals surface area contributed by atoms with Gasteiger partial charge >= 0.3 is 0 Å². The van der Waals surface area contributed by atoms with E-state index in [2.05, 4.69) is 0 Å². The van der Waals surface area contributed by atoms with Gasteiger partial charge in [0.1, 0.15) is 12.4 Å². The van der Waals surface area contributed by atoms with E-state index in [1.54, 1.807) is 0 Å². The molecule has 0 spiro atoms. The molecule has 1 rings (SSSR count). The lowest BCUT2D eigenvalue weighted by atomic mass is 10.3. The zero-order valence-corrected chi connectivity index (χ0v) is 9.32. The third-order valence-electron chi connectivity index (χ3n) is 1.73. The van der Waals surface area contributed by atoms with E-state index in [9.17, 15) is 5.11 Å². The van der Waals surface area contributed by atoms with Crippen LogP contribution in [0.5, 0.6) is 5.75 Å². The van der Waals surface area contributed by atoms with Gasteiger partial charge in [0.05, 0.1) is 12.7 Å². The lowest BCUT2D eigenvalue weighted by Crippen LogP contribution is -2.20. The minimum absolute atomic E-state index is 0.150. The number of ether oxygens (including phenoxy) is 1. The molecule has 0 heterocycles. The molecule has 0 aliphatic carbocycles. The van der Waals surface area contributed by atoms with Gasteiger partial charge in [-0.25, -0.2) is 0 Å². The van der Waals surface area contributed by atoms with Crippen molar-refractivity contribution in [3.05, 3.63) is 30.3 Å². The molecule has 3 nitrogen and oxygen atoms in total. The number of thioether (sulfide) groups is 1. The van der Waals surface area contributed by atoms with E-state index in [0.717, 1.165) is 5.75 Å². The molecule has 0 aromatic heterocycles. The molecule has 15 heavy (non-hydrogen) atoms. The Morgan fingerprint density at radius 2 is 2.00 bits per heavy atom. The molecule has 0 saturated carbocycles. The Hall–Kier alpha value is -0.710. The number of aliphatic hydroxyl groups is 2. The van der Waals surface area contributed by atoms with Crippen molar-refractivity contribution in [3.8, 4) is 5.75 Å². The van der Waals surface area contributed by atoms with Gasteiger partial charge in [0, 0.05) is 11.5 Å². The van der Waals surface area contributed by atoms with Gasteiger partial charge in [-0.2, -0.15) is 11.8 Å². The Bertz CT molecular complexity index is 253. The van der Waals surface area contributed by atoms with Gasteiger partial charge < -0.3 is 14.9 Å². The maximum absolute atomic E-state index is 9.51. The number of hydrogen-bond donors (Lipinski definition) is 2. The van der Waals surface area contributed by atoms with E-state index < -0.39 is 6.10 Å². The third-order valence-corrected chi connectivity index (χ3v) is 2.82. The van der Waals surface area contributed by atoms with Crippen LogP contribution in [0.3, 0.4) is 0 Å². The molecule has 1 aromatic carbocycles. The molecule has 1 unspecified atom stereocenters. The van der Waals surface area contributed by atoms with Gasteiger partial charge in [0.15, 0.2) is 0 Å². The Kier molecular flexibility index (Phi) is 6.23. The summed E-state index contributed by atoms with van der Waals surface area (Å²) in [5.41, 5.74) is 0. The summed E-state index contributed by atoms with van der Waals surface area (Å²) < 4.78 is 5.37. The molecule has 0 fully saturated rings. The summed E-state index contributed by atoms with van der Waals surface area (Å²) in [5.74, 6) is 2.01. The SMILES string of the molecule is OCCSCC(O)COc1ccccc1. The quantitative estimate of drug-likeness (QED) is 0.687. The fourth-order valence-corrected chi connectivity index (χ4v) is 1.71. The molecular formula is C11H16O3S. The number of benzene rings is 1. The average molecular weight is 228 g/mol. The van der Waals surface area contributed by atoms with Crippen LogP contribution >= 0.6 is 11.8 Å². The van der Waals surface area contributed by atoms with E-state index >= 15 is 0 Å². The first kappa shape index (κ1) is 12.4. The Balaban J connectivity index is 2.14. The predicted octanol–water partition coefficient (Wildman–Crippen LogP) is 1.15. The zero-order chi connectivity index (χ0) is 10.9. The summed E-state index contributed by atoms with van der Waals surface area (Å²) in [5, 5.41) is 18.1. The molecule has 0 saturated heterocycles. The van der Waals surface area contributed by atoms with Crippen molar-refractivity contribution in [2.24, 2.45) is 0 Å². The Morgan fingerprint density at radius 3 is 2.67 bits per heavy atom. The van der Waals surface area contributed by atoms with Crippen molar-refractivity contribution < 1.29 is 14.9 Å². The highest BCUT2D eigenvalue weighted by molar-refractivity contribution is 7.99. The van der Waals surface area contributed by atoms with Gasteiger partial charge in [-0.1, -0.05) is 18.2 Å². The summed E-state index contributed by atoms with van der Waals surface area (Å²) in [4.78, 5) is 0. The summed E-state index contributed by atoms with van der Waals surface area (Å²) in [7, 11) is 0. The fourth-order valence-electron chi connectivity index (χ4n) is 1.04. The molecule has 4 heteroatoms. The largest absolute Gasteiger partial charge is 0.491 e. The van der Waals surface area contributed by atoms with Gasteiger partial charge in [0.2, 0.25) is 0 Å². The lowest BCUT2D eigenvalue weighted by Gasteiger charge is -2.11. The molecule has 1 aromatic rings. The van der Waals surface area contributed by atoms with Gasteiger partial charge in [0.25, 0.3) is 0 Å². The first-order valence-corrected chi connectivity index (χ1v) is 6.03. The van der Waals surface area contributed by atoms with E-state index in [1.165, 1.54) is 11.8 Å². The highest BCUT2D eigenvalue weighted by Crippen LogP contribution is 2.09. The van der Waals surface area contributed by atoms with Crippen molar-refractivity contribution >= 4 is 11.8 Å². The maximum Gasteiger partial charge on any atom is 0.119 e. The molecule has 84 valence electrons. The van der Waals surface area contributed by atoms with Gasteiger partial charge in [-0.3, -0.25) is 0 Å². The topological polar surface area (TPSA) is 49.7 Å². The highest BCUT2D eigenvalue weighted by atomic mass is 32.2. The second-order valence-corrected chi connectivity index (χ2v) is 4.23. The molecule has 0 aliphatic heterocycles. The summed E-state index contributed by atoms with van der Waals surface area (Å²) in [6, 6.07) is 9.41. The van der Waals surface area contributed by atoms with E-state index in [4.69, 9.17) is 9.84 Å². The van der Waals surface area contributed by atoms with Crippen LogP contribution in [0.2, 0.25) is 0 Å². The Morgan fingerprint density at radius 1 is 1.27 bits per heavy atom. The van der Waals surface area contributed by atoms with Crippen LogP contribution in [0, 0.1) is 0 Å². The molecule has 2 N–H and O–H groups in total. The maximum atomic E-state index is 9.51. The first-order chi connectivity index (χ1) is 7.33. The van der Waals surface area contributed by atoms with Crippen molar-refractivity contribution in [2.75, 3.05) is 24.7 Å². The smallest absolute Gasteiger partial charge is 0.119 e. The molecule has 0 aliphatic rings. The molecule has 1 atom stereocenters. The van der Waals surface area contributed by atoms with Crippen LogP contribution in [-0.4, -0.2) is 41.0 Å². The standard InChI is InChI=1S/C11H16O3S/c12-6-7-15-9-10(13)8-14-11-4-2-1-3-5-11/h1-5,10,12-13H,6-9H2. The number of para-hydroxylation sites is 1. The Labute approximate surface area is 94.1 Å². The van der Waals surface area contributed by atoms with Crippen LogP contribution < -0.4 is 4.74 Å². The monoisotopic (exact) mass is 228 g/mol. The van der Waals surface area contributed by atoms with Crippen molar-refractivity contribution in [1.29, 1.82) is 0 Å². The normalized spacial score (nSPS) is 12.4.